The summed E-state index contributed by atoms with van der Waals surface area (Å²) >= 11 is 0. The zero-order valence-electron chi connectivity index (χ0n) is 15.9. The molecule has 0 atom stereocenters. The van der Waals surface area contributed by atoms with Gasteiger partial charge in [0.05, 0.1) is 35.6 Å². The van der Waals surface area contributed by atoms with Crippen LogP contribution in [0.4, 0.5) is 18.9 Å². The quantitative estimate of drug-likeness (QED) is 0.547. The highest BCUT2D eigenvalue weighted by Crippen LogP contribution is 2.34. The summed E-state index contributed by atoms with van der Waals surface area (Å²) in [5.74, 6) is 1.56. The van der Waals surface area contributed by atoms with Crippen LogP contribution in [0.1, 0.15) is 5.56 Å². The number of rotatable bonds is 4. The van der Waals surface area contributed by atoms with Crippen LogP contribution in [-0.4, -0.2) is 40.7 Å². The van der Waals surface area contributed by atoms with E-state index in [1.54, 1.807) is 29.0 Å². The van der Waals surface area contributed by atoms with Crippen molar-refractivity contribution in [3.63, 3.8) is 0 Å². The van der Waals surface area contributed by atoms with Crippen molar-refractivity contribution in [3.05, 3.63) is 54.2 Å². The predicted molar refractivity (Wildman–Crippen MR) is 105 cm³/mol. The molecule has 0 aliphatic heterocycles. The Morgan fingerprint density at radius 2 is 1.86 bits per heavy atom. The van der Waals surface area contributed by atoms with Gasteiger partial charge in [0.25, 0.3) is 0 Å². The molecule has 4 aromatic rings. The van der Waals surface area contributed by atoms with Crippen LogP contribution in [0.2, 0.25) is 0 Å². The number of nitrogens with one attached hydrogen (secondary N) is 1. The standard InChI is InChI=1S/C20H18F3N5O/c1-27(2)13-5-6-14(24-11-13)19-25-15-10-12(20(21,22)23)4-7-16(15)28(19)17-8-9-18(26-17)29-3/h4-11,26H,1-3H3. The van der Waals surface area contributed by atoms with E-state index in [-0.39, 0.29) is 5.52 Å². The number of alkyl halides is 3. The molecule has 0 aliphatic rings. The van der Waals surface area contributed by atoms with Gasteiger partial charge >= 0.3 is 6.18 Å². The molecule has 0 radical (unpaired) electrons. The van der Waals surface area contributed by atoms with Crippen molar-refractivity contribution in [2.75, 3.05) is 26.1 Å². The third-order valence-electron chi connectivity index (χ3n) is 4.58. The number of halogens is 3. The summed E-state index contributed by atoms with van der Waals surface area (Å²) in [7, 11) is 5.32. The van der Waals surface area contributed by atoms with E-state index in [9.17, 15) is 13.2 Å². The largest absolute Gasteiger partial charge is 0.482 e. The number of aromatic amines is 1. The van der Waals surface area contributed by atoms with Crippen LogP contribution in [0, 0.1) is 0 Å². The summed E-state index contributed by atoms with van der Waals surface area (Å²) in [6.45, 7) is 0. The lowest BCUT2D eigenvalue weighted by Gasteiger charge is -2.12. The van der Waals surface area contributed by atoms with Crippen molar-refractivity contribution >= 4 is 16.7 Å². The molecular weight excluding hydrogens is 383 g/mol. The molecule has 0 amide bonds. The Balaban J connectivity index is 1.94. The first kappa shape index (κ1) is 18.9. The van der Waals surface area contributed by atoms with Crippen LogP contribution < -0.4 is 9.64 Å². The fraction of sp³-hybridized carbons (Fsp3) is 0.200. The fourth-order valence-electron chi connectivity index (χ4n) is 3.07. The number of H-pyrrole nitrogens is 1. The summed E-state index contributed by atoms with van der Waals surface area (Å²) in [6.07, 6.45) is -2.76. The van der Waals surface area contributed by atoms with Crippen LogP contribution in [0.5, 0.6) is 5.88 Å². The average Bonchev–Trinajstić information content (AvgIpc) is 3.30. The Morgan fingerprint density at radius 1 is 1.07 bits per heavy atom. The fourth-order valence-corrected chi connectivity index (χ4v) is 3.07. The second-order valence-corrected chi connectivity index (χ2v) is 6.68. The highest BCUT2D eigenvalue weighted by Gasteiger charge is 2.31. The van der Waals surface area contributed by atoms with E-state index < -0.39 is 11.7 Å². The highest BCUT2D eigenvalue weighted by atomic mass is 19.4. The van der Waals surface area contributed by atoms with Gasteiger partial charge in [-0.2, -0.15) is 13.2 Å². The molecule has 1 N–H and O–H groups in total. The van der Waals surface area contributed by atoms with Crippen LogP contribution in [0.15, 0.2) is 48.7 Å². The van der Waals surface area contributed by atoms with Crippen molar-refractivity contribution in [3.8, 4) is 23.2 Å². The molecule has 0 fully saturated rings. The predicted octanol–water partition coefficient (Wildman–Crippen LogP) is 4.51. The van der Waals surface area contributed by atoms with Crippen molar-refractivity contribution < 1.29 is 17.9 Å². The Hall–Kier alpha value is -3.49. The maximum atomic E-state index is 13.2. The average molecular weight is 401 g/mol. The number of fused-ring (bicyclic) bond motifs is 1. The number of pyridine rings is 1. The van der Waals surface area contributed by atoms with E-state index in [1.165, 1.54) is 13.2 Å². The number of anilines is 1. The van der Waals surface area contributed by atoms with Crippen molar-refractivity contribution in [1.82, 2.24) is 19.5 Å². The first-order valence-electron chi connectivity index (χ1n) is 8.75. The summed E-state index contributed by atoms with van der Waals surface area (Å²) < 4.78 is 46.4. The van der Waals surface area contributed by atoms with Gasteiger partial charge in [0.2, 0.25) is 0 Å². The lowest BCUT2D eigenvalue weighted by molar-refractivity contribution is -0.137. The molecule has 150 valence electrons. The number of benzene rings is 1. The molecule has 0 unspecified atom stereocenters. The summed E-state index contributed by atoms with van der Waals surface area (Å²) in [6, 6.07) is 10.7. The Labute approximate surface area is 164 Å². The first-order valence-corrected chi connectivity index (χ1v) is 8.75. The zero-order valence-corrected chi connectivity index (χ0v) is 15.9. The monoisotopic (exact) mass is 401 g/mol. The smallest absolute Gasteiger partial charge is 0.416 e. The molecular formula is C20H18F3N5O. The third kappa shape index (κ3) is 3.39. The van der Waals surface area contributed by atoms with Gasteiger partial charge < -0.3 is 14.6 Å². The molecule has 0 aliphatic carbocycles. The number of hydrogen-bond donors (Lipinski definition) is 1. The Morgan fingerprint density at radius 3 is 2.45 bits per heavy atom. The third-order valence-corrected chi connectivity index (χ3v) is 4.58. The normalized spacial score (nSPS) is 11.8. The molecule has 0 spiro atoms. The molecule has 0 saturated heterocycles. The van der Waals surface area contributed by atoms with E-state index in [1.807, 2.05) is 25.1 Å². The van der Waals surface area contributed by atoms with E-state index in [0.29, 0.717) is 28.7 Å². The highest BCUT2D eigenvalue weighted by molar-refractivity contribution is 5.83. The van der Waals surface area contributed by atoms with Gasteiger partial charge in [-0.25, -0.2) is 4.98 Å². The van der Waals surface area contributed by atoms with Crippen LogP contribution in [-0.2, 0) is 6.18 Å². The molecule has 0 saturated carbocycles. The topological polar surface area (TPSA) is 59.0 Å². The summed E-state index contributed by atoms with van der Waals surface area (Å²) in [4.78, 5) is 13.9. The van der Waals surface area contributed by atoms with Gasteiger partial charge in [0.15, 0.2) is 11.7 Å². The molecule has 0 bridgehead atoms. The number of hydrogen-bond acceptors (Lipinski definition) is 4. The molecule has 3 heterocycles. The summed E-state index contributed by atoms with van der Waals surface area (Å²) in [5.41, 5.74) is 1.44. The van der Waals surface area contributed by atoms with Crippen LogP contribution in [0.25, 0.3) is 28.4 Å². The molecule has 1 aromatic carbocycles. The van der Waals surface area contributed by atoms with Crippen LogP contribution in [0.3, 0.4) is 0 Å². The number of imidazole rings is 1. The molecule has 9 heteroatoms. The lowest BCUT2D eigenvalue weighted by atomic mass is 10.2. The minimum atomic E-state index is -4.45. The van der Waals surface area contributed by atoms with Crippen molar-refractivity contribution in [2.45, 2.75) is 6.18 Å². The molecule has 3 aromatic heterocycles. The SMILES string of the molecule is COc1ccc(-n2c(-c3ccc(N(C)C)cn3)nc3cc(C(F)(F)F)ccc32)[nH]1. The Bertz CT molecular complexity index is 1160. The van der Waals surface area contributed by atoms with Crippen LogP contribution >= 0.6 is 0 Å². The number of aromatic nitrogens is 4. The Kier molecular flexibility index (Phi) is 4.45. The van der Waals surface area contributed by atoms with E-state index in [2.05, 4.69) is 15.0 Å². The van der Waals surface area contributed by atoms with Gasteiger partial charge in [0.1, 0.15) is 11.5 Å². The van der Waals surface area contributed by atoms with E-state index in [4.69, 9.17) is 4.74 Å². The van der Waals surface area contributed by atoms with Gasteiger partial charge in [-0.15, -0.1) is 0 Å². The second kappa shape index (κ2) is 6.84. The van der Waals surface area contributed by atoms with Crippen molar-refractivity contribution in [1.29, 1.82) is 0 Å². The van der Waals surface area contributed by atoms with E-state index >= 15 is 0 Å². The number of ether oxygens (including phenoxy) is 1. The van der Waals surface area contributed by atoms with Gasteiger partial charge in [-0.1, -0.05) is 0 Å². The molecule has 6 nitrogen and oxygen atoms in total. The minimum absolute atomic E-state index is 0.224. The summed E-state index contributed by atoms with van der Waals surface area (Å²) in [5, 5.41) is 0. The minimum Gasteiger partial charge on any atom is -0.482 e. The van der Waals surface area contributed by atoms with E-state index in [0.717, 1.165) is 17.8 Å². The zero-order chi connectivity index (χ0) is 20.8. The lowest BCUT2D eigenvalue weighted by Crippen LogP contribution is -2.09. The van der Waals surface area contributed by atoms with Gasteiger partial charge in [-0.3, -0.25) is 9.55 Å². The maximum absolute atomic E-state index is 13.2. The first-order chi connectivity index (χ1) is 13.8. The number of methoxy groups -OCH3 is 1. The van der Waals surface area contributed by atoms with Crippen molar-refractivity contribution in [2.24, 2.45) is 0 Å². The maximum Gasteiger partial charge on any atom is 0.416 e. The second-order valence-electron chi connectivity index (χ2n) is 6.68. The molecule has 4 rings (SSSR count). The van der Waals surface area contributed by atoms with Gasteiger partial charge in [0, 0.05) is 20.2 Å². The molecule has 29 heavy (non-hydrogen) atoms. The number of nitrogens with zero attached hydrogens (tertiary/aromatic N) is 4. The van der Waals surface area contributed by atoms with Gasteiger partial charge in [-0.05, 0) is 36.4 Å².